The zero-order valence-electron chi connectivity index (χ0n) is 12.3. The fourth-order valence-electron chi connectivity index (χ4n) is 1.77. The van der Waals surface area contributed by atoms with Gasteiger partial charge < -0.3 is 15.4 Å². The molecule has 0 aliphatic heterocycles. The number of methoxy groups -OCH3 is 1. The summed E-state index contributed by atoms with van der Waals surface area (Å²) in [6.45, 7) is 0.370. The summed E-state index contributed by atoms with van der Waals surface area (Å²) >= 11 is 5.91. The van der Waals surface area contributed by atoms with Gasteiger partial charge >= 0.3 is 0 Å². The van der Waals surface area contributed by atoms with Gasteiger partial charge in [0.25, 0.3) is 0 Å². The molecule has 0 aliphatic carbocycles. The molecule has 0 fully saturated rings. The van der Waals surface area contributed by atoms with Crippen LogP contribution in [0.5, 0.6) is 5.75 Å². The Morgan fingerprint density at radius 3 is 2.87 bits per heavy atom. The van der Waals surface area contributed by atoms with Crippen LogP contribution < -0.4 is 15.4 Å². The van der Waals surface area contributed by atoms with Gasteiger partial charge in [-0.2, -0.15) is 5.26 Å². The van der Waals surface area contributed by atoms with Crippen molar-refractivity contribution in [2.45, 2.75) is 6.42 Å². The number of hydrogen-bond acceptors (Lipinski definition) is 6. The van der Waals surface area contributed by atoms with E-state index in [1.165, 1.54) is 19.5 Å². The third kappa shape index (κ3) is 4.83. The van der Waals surface area contributed by atoms with E-state index < -0.39 is 0 Å². The maximum atomic E-state index is 12.0. The fraction of sp³-hybridized carbons (Fsp3) is 0.200. The number of ether oxygens (including phenoxy) is 1. The lowest BCUT2D eigenvalue weighted by Gasteiger charge is -2.11. The minimum atomic E-state index is -0.195. The first-order valence-electron chi connectivity index (χ1n) is 6.72. The first-order chi connectivity index (χ1) is 11.1. The molecule has 0 unspecified atom stereocenters. The Hall–Kier alpha value is -2.85. The van der Waals surface area contributed by atoms with Crippen molar-refractivity contribution >= 4 is 29.0 Å². The molecular weight excluding hydrogens is 318 g/mol. The smallest absolute Gasteiger partial charge is 0.226 e. The number of aromatic nitrogens is 2. The molecular formula is C15H14ClN5O2. The van der Waals surface area contributed by atoms with E-state index in [2.05, 4.69) is 20.6 Å². The van der Waals surface area contributed by atoms with E-state index in [-0.39, 0.29) is 18.0 Å². The number of nitrogens with zero attached hydrogens (tertiary/aromatic N) is 3. The number of rotatable bonds is 6. The molecule has 23 heavy (non-hydrogen) atoms. The number of nitriles is 1. The molecule has 0 bridgehead atoms. The molecule has 0 saturated carbocycles. The summed E-state index contributed by atoms with van der Waals surface area (Å²) < 4.78 is 5.16. The molecule has 8 heteroatoms. The second kappa shape index (κ2) is 7.96. The van der Waals surface area contributed by atoms with Crippen LogP contribution in [0.2, 0.25) is 5.02 Å². The summed E-state index contributed by atoms with van der Waals surface area (Å²) in [4.78, 5) is 19.8. The fourth-order valence-corrected chi connectivity index (χ4v) is 1.94. The summed E-state index contributed by atoms with van der Waals surface area (Å²) in [5.74, 6) is 0.838. The van der Waals surface area contributed by atoms with E-state index >= 15 is 0 Å². The van der Waals surface area contributed by atoms with Crippen LogP contribution >= 0.6 is 11.6 Å². The highest BCUT2D eigenvalue weighted by atomic mass is 35.5. The second-order valence-electron chi connectivity index (χ2n) is 4.47. The molecule has 0 saturated heterocycles. The topological polar surface area (TPSA) is 99.9 Å². The van der Waals surface area contributed by atoms with Crippen LogP contribution in [0.15, 0.2) is 30.6 Å². The van der Waals surface area contributed by atoms with E-state index in [1.807, 2.05) is 6.07 Å². The van der Waals surface area contributed by atoms with Crippen molar-refractivity contribution < 1.29 is 9.53 Å². The van der Waals surface area contributed by atoms with Crippen molar-refractivity contribution in [1.82, 2.24) is 9.97 Å². The van der Waals surface area contributed by atoms with Crippen molar-refractivity contribution in [2.75, 3.05) is 24.3 Å². The van der Waals surface area contributed by atoms with Crippen molar-refractivity contribution in [1.29, 1.82) is 5.26 Å². The molecule has 1 heterocycles. The average molecular weight is 332 g/mol. The van der Waals surface area contributed by atoms with Gasteiger partial charge in [-0.1, -0.05) is 11.6 Å². The minimum Gasteiger partial charge on any atom is -0.495 e. The molecule has 2 N–H and O–H groups in total. The van der Waals surface area contributed by atoms with Gasteiger partial charge in [0.2, 0.25) is 5.91 Å². The Kier molecular flexibility index (Phi) is 5.72. The number of hydrogen-bond donors (Lipinski definition) is 2. The highest BCUT2D eigenvalue weighted by Crippen LogP contribution is 2.27. The van der Waals surface area contributed by atoms with Crippen LogP contribution in [-0.2, 0) is 4.79 Å². The number of carbonyl (C=O) groups is 1. The second-order valence-corrected chi connectivity index (χ2v) is 4.90. The molecule has 2 aromatic rings. The summed E-state index contributed by atoms with van der Waals surface area (Å²) in [7, 11) is 1.52. The molecule has 0 radical (unpaired) electrons. The van der Waals surface area contributed by atoms with E-state index in [4.69, 9.17) is 21.6 Å². The summed E-state index contributed by atoms with van der Waals surface area (Å²) in [6, 6.07) is 6.87. The van der Waals surface area contributed by atoms with Gasteiger partial charge in [0.1, 0.15) is 17.6 Å². The summed E-state index contributed by atoms with van der Waals surface area (Å²) in [5.41, 5.74) is 0.754. The SMILES string of the molecule is COc1ccc(Cl)cc1NC(=O)CCNc1cnc(C#N)cn1. The molecule has 1 amide bonds. The molecule has 1 aromatic heterocycles. The highest BCUT2D eigenvalue weighted by molar-refractivity contribution is 6.31. The molecule has 118 valence electrons. The van der Waals surface area contributed by atoms with Gasteiger partial charge in [-0.15, -0.1) is 0 Å². The Labute approximate surface area is 138 Å². The average Bonchev–Trinajstić information content (AvgIpc) is 2.56. The lowest BCUT2D eigenvalue weighted by atomic mass is 10.2. The summed E-state index contributed by atoms with van der Waals surface area (Å²) in [5, 5.41) is 14.8. The Bertz CT molecular complexity index is 728. The molecule has 0 atom stereocenters. The summed E-state index contributed by atoms with van der Waals surface area (Å²) in [6.07, 6.45) is 3.02. The lowest BCUT2D eigenvalue weighted by Crippen LogP contribution is -2.17. The number of benzene rings is 1. The van der Waals surface area contributed by atoms with E-state index in [9.17, 15) is 4.79 Å². The maximum Gasteiger partial charge on any atom is 0.226 e. The van der Waals surface area contributed by atoms with Gasteiger partial charge in [0, 0.05) is 18.0 Å². The van der Waals surface area contributed by atoms with Crippen LogP contribution in [0, 0.1) is 11.3 Å². The van der Waals surface area contributed by atoms with Gasteiger partial charge in [0.05, 0.1) is 25.2 Å². The minimum absolute atomic E-state index is 0.195. The molecule has 0 spiro atoms. The Balaban J connectivity index is 1.85. The van der Waals surface area contributed by atoms with Crippen molar-refractivity contribution in [2.24, 2.45) is 0 Å². The number of anilines is 2. The predicted molar refractivity (Wildman–Crippen MR) is 86.5 cm³/mol. The highest BCUT2D eigenvalue weighted by Gasteiger charge is 2.08. The third-order valence-corrected chi connectivity index (χ3v) is 3.10. The number of nitrogens with one attached hydrogen (secondary N) is 2. The number of halogens is 1. The number of carbonyl (C=O) groups excluding carboxylic acids is 1. The van der Waals surface area contributed by atoms with Crippen molar-refractivity contribution in [3.63, 3.8) is 0 Å². The van der Waals surface area contributed by atoms with Crippen LogP contribution in [0.4, 0.5) is 11.5 Å². The Morgan fingerprint density at radius 1 is 1.39 bits per heavy atom. The Morgan fingerprint density at radius 2 is 2.22 bits per heavy atom. The van der Waals surface area contributed by atoms with Crippen LogP contribution in [-0.4, -0.2) is 29.5 Å². The normalized spacial score (nSPS) is 9.78. The number of amides is 1. The van der Waals surface area contributed by atoms with E-state index in [0.717, 1.165) is 0 Å². The molecule has 2 rings (SSSR count). The molecule has 1 aromatic carbocycles. The van der Waals surface area contributed by atoms with Crippen LogP contribution in [0.3, 0.4) is 0 Å². The quantitative estimate of drug-likeness (QED) is 0.843. The van der Waals surface area contributed by atoms with Gasteiger partial charge in [-0.05, 0) is 18.2 Å². The molecule has 7 nitrogen and oxygen atoms in total. The van der Waals surface area contributed by atoms with Gasteiger partial charge in [-0.25, -0.2) is 9.97 Å². The van der Waals surface area contributed by atoms with Crippen LogP contribution in [0.25, 0.3) is 0 Å². The van der Waals surface area contributed by atoms with E-state index in [0.29, 0.717) is 28.8 Å². The lowest BCUT2D eigenvalue weighted by molar-refractivity contribution is -0.116. The van der Waals surface area contributed by atoms with Crippen molar-refractivity contribution in [3.05, 3.63) is 41.3 Å². The monoisotopic (exact) mass is 331 g/mol. The van der Waals surface area contributed by atoms with E-state index in [1.54, 1.807) is 18.2 Å². The first kappa shape index (κ1) is 16.5. The zero-order valence-corrected chi connectivity index (χ0v) is 13.1. The predicted octanol–water partition coefficient (Wildman–Crippen LogP) is 2.45. The largest absolute Gasteiger partial charge is 0.495 e. The standard InChI is InChI=1S/C15H14ClN5O2/c1-23-13-3-2-10(16)6-12(13)21-15(22)4-5-18-14-9-19-11(7-17)8-20-14/h2-3,6,8-9H,4-5H2,1H3,(H,18,20)(H,21,22). The van der Waals surface area contributed by atoms with Gasteiger partial charge in [-0.3, -0.25) is 4.79 Å². The third-order valence-electron chi connectivity index (χ3n) is 2.86. The van der Waals surface area contributed by atoms with Gasteiger partial charge in [0.15, 0.2) is 5.69 Å². The molecule has 0 aliphatic rings. The first-order valence-corrected chi connectivity index (χ1v) is 7.09. The van der Waals surface area contributed by atoms with Crippen LogP contribution in [0.1, 0.15) is 12.1 Å². The zero-order chi connectivity index (χ0) is 16.7. The maximum absolute atomic E-state index is 12.0. The van der Waals surface area contributed by atoms with Crippen molar-refractivity contribution in [3.8, 4) is 11.8 Å².